The average Bonchev–Trinajstić information content (AvgIpc) is 1.98. The predicted octanol–water partition coefficient (Wildman–Crippen LogP) is 2.58. The average molecular weight is 141 g/mol. The molecule has 0 aliphatic carbocycles. The largest absolute Gasteiger partial charge is 0.385 e. The lowest BCUT2D eigenvalue weighted by atomic mass is 10.0. The highest BCUT2D eigenvalue weighted by atomic mass is 16.5. The first-order chi connectivity index (χ1) is 4.85. The van der Waals surface area contributed by atoms with E-state index in [1.54, 1.807) is 7.11 Å². The van der Waals surface area contributed by atoms with Crippen molar-refractivity contribution in [1.29, 1.82) is 0 Å². The maximum Gasteiger partial charge on any atom is 0.0470 e. The highest BCUT2D eigenvalue weighted by molar-refractivity contribution is 5.05. The van der Waals surface area contributed by atoms with Crippen molar-refractivity contribution in [3.8, 4) is 0 Å². The van der Waals surface area contributed by atoms with Gasteiger partial charge in [0.2, 0.25) is 0 Å². The number of hydrogen-bond donors (Lipinski definition) is 0. The van der Waals surface area contributed by atoms with Crippen LogP contribution in [-0.4, -0.2) is 13.7 Å². The smallest absolute Gasteiger partial charge is 0.0470 e. The highest BCUT2D eigenvalue weighted by Gasteiger charge is 2.01. The van der Waals surface area contributed by atoms with Gasteiger partial charge in [0.05, 0.1) is 0 Å². The molecule has 0 fully saturated rings. The Labute approximate surface area is 64.1 Å². The minimum Gasteiger partial charge on any atom is -0.385 e. The van der Waals surface area contributed by atoms with Gasteiger partial charge >= 0.3 is 0 Å². The van der Waals surface area contributed by atoms with Crippen LogP contribution in [0.2, 0.25) is 0 Å². The first kappa shape index (κ1) is 9.70. The molecule has 0 amide bonds. The molecule has 0 aromatic heterocycles. The van der Waals surface area contributed by atoms with E-state index in [4.69, 9.17) is 4.74 Å². The molecule has 1 radical (unpaired) electrons. The van der Waals surface area contributed by atoms with Gasteiger partial charge in [0.15, 0.2) is 0 Å². The summed E-state index contributed by atoms with van der Waals surface area (Å²) in [5.74, 6) is 1.41. The van der Waals surface area contributed by atoms with Crippen LogP contribution in [0.5, 0.6) is 0 Å². The normalized spacial score (nSPS) is 10.3. The number of hydrogen-bond acceptors (Lipinski definition) is 1. The second-order valence-electron chi connectivity index (χ2n) is 2.36. The highest BCUT2D eigenvalue weighted by Crippen LogP contribution is 2.13. The molecule has 1 heteroatoms. The number of ether oxygens (including phenoxy) is 1. The van der Waals surface area contributed by atoms with Crippen LogP contribution < -0.4 is 0 Å². The molecule has 1 nitrogen and oxygen atoms in total. The Balaban J connectivity index is 3.29. The van der Waals surface area contributed by atoms with Crippen molar-refractivity contribution in [2.75, 3.05) is 13.7 Å². The molecular formula is C9H17O. The summed E-state index contributed by atoms with van der Waals surface area (Å²) in [5, 5.41) is 0. The van der Waals surface area contributed by atoms with Gasteiger partial charge in [-0.15, -0.1) is 6.58 Å². The predicted molar refractivity (Wildman–Crippen MR) is 44.8 cm³/mol. The Morgan fingerprint density at radius 2 is 2.20 bits per heavy atom. The fourth-order valence-corrected chi connectivity index (χ4v) is 0.883. The van der Waals surface area contributed by atoms with Crippen LogP contribution in [-0.2, 0) is 4.74 Å². The zero-order valence-corrected chi connectivity index (χ0v) is 7.02. The summed E-state index contributed by atoms with van der Waals surface area (Å²) in [6, 6.07) is 0. The molecule has 0 heterocycles. The number of rotatable bonds is 6. The van der Waals surface area contributed by atoms with Gasteiger partial charge in [-0.05, 0) is 18.8 Å². The van der Waals surface area contributed by atoms with E-state index in [1.807, 2.05) is 6.08 Å². The SMILES string of the molecule is C=C[C](CCC)CCOC. The molecule has 0 aliphatic rings. The van der Waals surface area contributed by atoms with E-state index < -0.39 is 0 Å². The maximum atomic E-state index is 4.95. The van der Waals surface area contributed by atoms with Crippen molar-refractivity contribution in [3.05, 3.63) is 18.6 Å². The molecular weight excluding hydrogens is 124 g/mol. The molecule has 0 unspecified atom stereocenters. The second-order valence-corrected chi connectivity index (χ2v) is 2.36. The Bertz CT molecular complexity index is 78.8. The van der Waals surface area contributed by atoms with E-state index in [1.165, 1.54) is 12.3 Å². The molecule has 0 saturated carbocycles. The van der Waals surface area contributed by atoms with Gasteiger partial charge in [-0.1, -0.05) is 19.4 Å². The maximum absolute atomic E-state index is 4.95. The summed E-state index contributed by atoms with van der Waals surface area (Å²) in [7, 11) is 1.73. The molecule has 0 aliphatic heterocycles. The summed E-state index contributed by atoms with van der Waals surface area (Å²) < 4.78 is 4.95. The Morgan fingerprint density at radius 3 is 2.60 bits per heavy atom. The lowest BCUT2D eigenvalue weighted by molar-refractivity contribution is 0.198. The minimum absolute atomic E-state index is 0.821. The number of allylic oxidation sites excluding steroid dienone is 1. The van der Waals surface area contributed by atoms with E-state index >= 15 is 0 Å². The quantitative estimate of drug-likeness (QED) is 0.552. The van der Waals surface area contributed by atoms with Gasteiger partial charge < -0.3 is 4.74 Å². The summed E-state index contributed by atoms with van der Waals surface area (Å²) in [4.78, 5) is 0. The first-order valence-electron chi connectivity index (χ1n) is 3.81. The zero-order chi connectivity index (χ0) is 7.82. The van der Waals surface area contributed by atoms with Gasteiger partial charge in [-0.3, -0.25) is 0 Å². The van der Waals surface area contributed by atoms with E-state index in [9.17, 15) is 0 Å². The molecule has 10 heavy (non-hydrogen) atoms. The standard InChI is InChI=1S/C9H17O/c1-4-6-9(5-2)7-8-10-3/h5H,2,4,6-8H2,1,3H3. The van der Waals surface area contributed by atoms with Crippen LogP contribution >= 0.6 is 0 Å². The third kappa shape index (κ3) is 4.57. The van der Waals surface area contributed by atoms with E-state index in [2.05, 4.69) is 13.5 Å². The van der Waals surface area contributed by atoms with E-state index in [0.717, 1.165) is 19.4 Å². The van der Waals surface area contributed by atoms with Crippen molar-refractivity contribution in [1.82, 2.24) is 0 Å². The molecule has 0 bridgehead atoms. The molecule has 0 aromatic rings. The van der Waals surface area contributed by atoms with Crippen LogP contribution in [0.1, 0.15) is 26.2 Å². The van der Waals surface area contributed by atoms with Crippen molar-refractivity contribution < 1.29 is 4.74 Å². The van der Waals surface area contributed by atoms with E-state index in [-0.39, 0.29) is 0 Å². The van der Waals surface area contributed by atoms with Crippen LogP contribution in [0, 0.1) is 5.92 Å². The fourth-order valence-electron chi connectivity index (χ4n) is 0.883. The Hall–Kier alpha value is -0.300. The minimum atomic E-state index is 0.821. The molecule has 0 saturated heterocycles. The van der Waals surface area contributed by atoms with Crippen molar-refractivity contribution in [3.63, 3.8) is 0 Å². The van der Waals surface area contributed by atoms with Gasteiger partial charge in [0, 0.05) is 13.7 Å². The van der Waals surface area contributed by atoms with Gasteiger partial charge in [0.25, 0.3) is 0 Å². The second kappa shape index (κ2) is 6.81. The molecule has 0 rings (SSSR count). The van der Waals surface area contributed by atoms with Crippen LogP contribution in [0.4, 0.5) is 0 Å². The molecule has 0 aromatic carbocycles. The molecule has 0 N–H and O–H groups in total. The van der Waals surface area contributed by atoms with Crippen LogP contribution in [0.3, 0.4) is 0 Å². The third-order valence-electron chi connectivity index (χ3n) is 1.49. The van der Waals surface area contributed by atoms with Gasteiger partial charge in [-0.25, -0.2) is 0 Å². The lowest BCUT2D eigenvalue weighted by Gasteiger charge is -2.08. The lowest BCUT2D eigenvalue weighted by Crippen LogP contribution is -1.98. The zero-order valence-electron chi connectivity index (χ0n) is 7.02. The topological polar surface area (TPSA) is 9.23 Å². The summed E-state index contributed by atoms with van der Waals surface area (Å²) in [6.07, 6.45) is 5.34. The van der Waals surface area contributed by atoms with Crippen molar-refractivity contribution >= 4 is 0 Å². The summed E-state index contributed by atoms with van der Waals surface area (Å²) >= 11 is 0. The Morgan fingerprint density at radius 1 is 1.50 bits per heavy atom. The van der Waals surface area contributed by atoms with Crippen LogP contribution in [0.15, 0.2) is 12.7 Å². The number of methoxy groups -OCH3 is 1. The molecule has 0 spiro atoms. The monoisotopic (exact) mass is 141 g/mol. The first-order valence-corrected chi connectivity index (χ1v) is 3.81. The molecule has 0 atom stereocenters. The molecule has 59 valence electrons. The van der Waals surface area contributed by atoms with Crippen molar-refractivity contribution in [2.45, 2.75) is 26.2 Å². The van der Waals surface area contributed by atoms with Crippen LogP contribution in [0.25, 0.3) is 0 Å². The van der Waals surface area contributed by atoms with Gasteiger partial charge in [0.1, 0.15) is 0 Å². The fraction of sp³-hybridized carbons (Fsp3) is 0.667. The van der Waals surface area contributed by atoms with Gasteiger partial charge in [-0.2, -0.15) is 0 Å². The summed E-state index contributed by atoms with van der Waals surface area (Å²) in [6.45, 7) is 6.74. The summed E-state index contributed by atoms with van der Waals surface area (Å²) in [5.41, 5.74) is 0. The Kier molecular flexibility index (Phi) is 6.61. The van der Waals surface area contributed by atoms with Crippen molar-refractivity contribution in [2.24, 2.45) is 0 Å². The van der Waals surface area contributed by atoms with E-state index in [0.29, 0.717) is 0 Å². The third-order valence-corrected chi connectivity index (χ3v) is 1.49.